The fraction of sp³-hybridized carbons (Fsp3) is 0.474. The Morgan fingerprint density at radius 3 is 2.62 bits per heavy atom. The van der Waals surface area contributed by atoms with E-state index in [9.17, 15) is 4.79 Å². The van der Waals surface area contributed by atoms with Gasteiger partial charge >= 0.3 is 0 Å². The second kappa shape index (κ2) is 6.40. The van der Waals surface area contributed by atoms with Crippen molar-refractivity contribution in [1.29, 1.82) is 0 Å². The molecule has 1 aromatic heterocycles. The molecule has 0 radical (unpaired) electrons. The third kappa shape index (κ3) is 3.22. The van der Waals surface area contributed by atoms with E-state index in [1.54, 1.807) is 6.33 Å². The van der Waals surface area contributed by atoms with Gasteiger partial charge in [0.15, 0.2) is 0 Å². The first kappa shape index (κ1) is 15.4. The van der Waals surface area contributed by atoms with Crippen LogP contribution in [0.5, 0.6) is 0 Å². The molecule has 2 fully saturated rings. The lowest BCUT2D eigenvalue weighted by molar-refractivity contribution is -0.128. The number of likely N-dealkylation sites (tertiary alicyclic amines) is 2. The van der Waals surface area contributed by atoms with Gasteiger partial charge in [-0.15, -0.1) is 0 Å². The van der Waals surface area contributed by atoms with Crippen molar-refractivity contribution in [2.45, 2.75) is 32.4 Å². The third-order valence-electron chi connectivity index (χ3n) is 5.49. The summed E-state index contributed by atoms with van der Waals surface area (Å²) in [5.41, 5.74) is 2.58. The zero-order valence-electron chi connectivity index (χ0n) is 13.9. The summed E-state index contributed by atoms with van der Waals surface area (Å²) in [7, 11) is 0. The van der Waals surface area contributed by atoms with Gasteiger partial charge in [-0.1, -0.05) is 30.3 Å². The first-order valence-electron chi connectivity index (χ1n) is 8.74. The van der Waals surface area contributed by atoms with Crippen LogP contribution in [0.2, 0.25) is 0 Å². The number of benzene rings is 1. The van der Waals surface area contributed by atoms with Crippen molar-refractivity contribution >= 4 is 5.91 Å². The number of carbonyl (C=O) groups is 1. The zero-order valence-corrected chi connectivity index (χ0v) is 13.9. The summed E-state index contributed by atoms with van der Waals surface area (Å²) in [6, 6.07) is 10.3. The first-order chi connectivity index (χ1) is 11.7. The Morgan fingerprint density at radius 1 is 1.12 bits per heavy atom. The molecule has 1 amide bonds. The summed E-state index contributed by atoms with van der Waals surface area (Å²) in [6.07, 6.45) is 6.57. The first-order valence-corrected chi connectivity index (χ1v) is 8.74. The number of aromatic nitrogens is 2. The summed E-state index contributed by atoms with van der Waals surface area (Å²) in [4.78, 5) is 24.3. The Morgan fingerprint density at radius 2 is 1.92 bits per heavy atom. The van der Waals surface area contributed by atoms with Gasteiger partial charge in [-0.3, -0.25) is 9.69 Å². The molecule has 2 aromatic rings. The molecule has 24 heavy (non-hydrogen) atoms. The molecule has 126 valence electrons. The van der Waals surface area contributed by atoms with Crippen LogP contribution in [0, 0.1) is 5.41 Å². The number of rotatable bonds is 4. The van der Waals surface area contributed by atoms with Crippen LogP contribution in [-0.4, -0.2) is 45.3 Å². The monoisotopic (exact) mass is 324 g/mol. The van der Waals surface area contributed by atoms with E-state index in [0.717, 1.165) is 52.0 Å². The zero-order chi connectivity index (χ0) is 16.4. The molecule has 5 nitrogen and oxygen atoms in total. The standard InChI is InChI=1S/C19H24N4O/c24-18-10-19(14-23(18)12-16-4-2-1-3-5-16)6-8-22(9-7-19)13-17-11-20-15-21-17/h1-5,11,15H,6-10,12-14H2,(H,20,21). The van der Waals surface area contributed by atoms with E-state index in [1.807, 2.05) is 24.4 Å². The van der Waals surface area contributed by atoms with E-state index in [1.165, 1.54) is 11.3 Å². The quantitative estimate of drug-likeness (QED) is 0.940. The number of hydrogen-bond donors (Lipinski definition) is 1. The van der Waals surface area contributed by atoms with Crippen molar-refractivity contribution in [2.24, 2.45) is 5.41 Å². The number of hydrogen-bond acceptors (Lipinski definition) is 3. The summed E-state index contributed by atoms with van der Waals surface area (Å²) in [5.74, 6) is 0.320. The van der Waals surface area contributed by atoms with E-state index in [0.29, 0.717) is 5.91 Å². The van der Waals surface area contributed by atoms with E-state index >= 15 is 0 Å². The lowest BCUT2D eigenvalue weighted by Gasteiger charge is -2.38. The highest BCUT2D eigenvalue weighted by atomic mass is 16.2. The molecule has 0 bridgehead atoms. The fourth-order valence-corrected chi connectivity index (χ4v) is 4.06. The average molecular weight is 324 g/mol. The Labute approximate surface area is 142 Å². The average Bonchev–Trinajstić information content (AvgIpc) is 3.20. The molecule has 0 aliphatic carbocycles. The number of piperidine rings is 1. The Balaban J connectivity index is 1.35. The van der Waals surface area contributed by atoms with Gasteiger partial charge in [-0.05, 0) is 36.9 Å². The SMILES string of the molecule is O=C1CC2(CCN(Cc3cnc[nH]3)CC2)CN1Cc1ccccc1. The minimum atomic E-state index is 0.191. The van der Waals surface area contributed by atoms with Gasteiger partial charge in [-0.2, -0.15) is 0 Å². The lowest BCUT2D eigenvalue weighted by Crippen LogP contribution is -2.41. The highest BCUT2D eigenvalue weighted by Crippen LogP contribution is 2.41. The van der Waals surface area contributed by atoms with Gasteiger partial charge in [0.2, 0.25) is 5.91 Å². The molecular formula is C19H24N4O. The van der Waals surface area contributed by atoms with Crippen molar-refractivity contribution < 1.29 is 4.79 Å². The summed E-state index contributed by atoms with van der Waals surface area (Å²) in [5, 5.41) is 0. The van der Waals surface area contributed by atoms with Gasteiger partial charge in [0, 0.05) is 37.9 Å². The molecule has 2 aliphatic heterocycles. The second-order valence-corrected chi connectivity index (χ2v) is 7.27. The predicted octanol–water partition coefficient (Wildman–Crippen LogP) is 2.42. The van der Waals surface area contributed by atoms with Gasteiger partial charge in [0.1, 0.15) is 0 Å². The van der Waals surface area contributed by atoms with Crippen molar-refractivity contribution in [3.05, 3.63) is 54.1 Å². The summed E-state index contributed by atoms with van der Waals surface area (Å²) in [6.45, 7) is 4.71. The lowest BCUT2D eigenvalue weighted by atomic mass is 9.77. The van der Waals surface area contributed by atoms with E-state index in [-0.39, 0.29) is 5.41 Å². The maximum Gasteiger partial charge on any atom is 0.223 e. The molecule has 1 spiro atoms. The molecule has 3 heterocycles. The highest BCUT2D eigenvalue weighted by Gasteiger charge is 2.44. The predicted molar refractivity (Wildman–Crippen MR) is 92.0 cm³/mol. The number of aromatic amines is 1. The number of H-pyrrole nitrogens is 1. The van der Waals surface area contributed by atoms with Crippen LogP contribution < -0.4 is 0 Å². The van der Waals surface area contributed by atoms with Gasteiger partial charge < -0.3 is 9.88 Å². The summed E-state index contributed by atoms with van der Waals surface area (Å²) >= 11 is 0. The van der Waals surface area contributed by atoms with Gasteiger partial charge in [0.25, 0.3) is 0 Å². The van der Waals surface area contributed by atoms with Gasteiger partial charge in [-0.25, -0.2) is 4.98 Å². The van der Waals surface area contributed by atoms with Crippen LogP contribution in [0.4, 0.5) is 0 Å². The topological polar surface area (TPSA) is 52.2 Å². The maximum atomic E-state index is 12.5. The van der Waals surface area contributed by atoms with E-state index in [2.05, 4.69) is 31.9 Å². The Hall–Kier alpha value is -2.14. The normalized spacial score (nSPS) is 20.8. The van der Waals surface area contributed by atoms with Crippen molar-refractivity contribution in [3.8, 4) is 0 Å². The molecule has 5 heteroatoms. The third-order valence-corrected chi connectivity index (χ3v) is 5.49. The molecule has 2 aliphatic rings. The van der Waals surface area contributed by atoms with Crippen LogP contribution in [0.25, 0.3) is 0 Å². The molecule has 2 saturated heterocycles. The number of imidazole rings is 1. The minimum Gasteiger partial charge on any atom is -0.347 e. The molecule has 0 saturated carbocycles. The Kier molecular flexibility index (Phi) is 4.10. The van der Waals surface area contributed by atoms with Crippen LogP contribution >= 0.6 is 0 Å². The number of carbonyl (C=O) groups excluding carboxylic acids is 1. The van der Waals surface area contributed by atoms with E-state index in [4.69, 9.17) is 0 Å². The second-order valence-electron chi connectivity index (χ2n) is 7.27. The maximum absolute atomic E-state index is 12.5. The largest absolute Gasteiger partial charge is 0.347 e. The van der Waals surface area contributed by atoms with Crippen LogP contribution in [0.1, 0.15) is 30.5 Å². The van der Waals surface area contributed by atoms with E-state index < -0.39 is 0 Å². The number of amides is 1. The fourth-order valence-electron chi connectivity index (χ4n) is 4.06. The van der Waals surface area contributed by atoms with Crippen LogP contribution in [0.3, 0.4) is 0 Å². The van der Waals surface area contributed by atoms with Crippen molar-refractivity contribution in [1.82, 2.24) is 19.8 Å². The molecule has 1 N–H and O–H groups in total. The molecule has 0 unspecified atom stereocenters. The Bertz CT molecular complexity index is 675. The number of nitrogens with one attached hydrogen (secondary N) is 1. The molecule has 1 aromatic carbocycles. The molecule has 4 rings (SSSR count). The highest BCUT2D eigenvalue weighted by molar-refractivity contribution is 5.79. The molecule has 0 atom stereocenters. The van der Waals surface area contributed by atoms with Crippen LogP contribution in [-0.2, 0) is 17.9 Å². The van der Waals surface area contributed by atoms with Crippen molar-refractivity contribution in [3.63, 3.8) is 0 Å². The van der Waals surface area contributed by atoms with Crippen LogP contribution in [0.15, 0.2) is 42.9 Å². The van der Waals surface area contributed by atoms with Gasteiger partial charge in [0.05, 0.1) is 6.33 Å². The molecular weight excluding hydrogens is 300 g/mol. The minimum absolute atomic E-state index is 0.191. The summed E-state index contributed by atoms with van der Waals surface area (Å²) < 4.78 is 0. The smallest absolute Gasteiger partial charge is 0.223 e. The van der Waals surface area contributed by atoms with Crippen molar-refractivity contribution in [2.75, 3.05) is 19.6 Å². The number of nitrogens with zero attached hydrogens (tertiary/aromatic N) is 3.